The fraction of sp³-hybridized carbons (Fsp3) is 0.909. The smallest absolute Gasteiger partial charge is 0.421 e. The van der Waals surface area contributed by atoms with E-state index < -0.39 is 16.3 Å². The van der Waals surface area contributed by atoms with E-state index in [0.717, 1.165) is 0 Å². The van der Waals surface area contributed by atoms with Gasteiger partial charge in [0.2, 0.25) is 0 Å². The molecular formula is C11H25N3O4S. The van der Waals surface area contributed by atoms with Gasteiger partial charge in [0, 0.05) is 13.1 Å². The topological polar surface area (TPSA) is 102 Å². The largest absolute Gasteiger partial charge is 0.449 e. The fourth-order valence-electron chi connectivity index (χ4n) is 1.41. The van der Waals surface area contributed by atoms with Crippen molar-refractivity contribution >= 4 is 16.3 Å². The van der Waals surface area contributed by atoms with Gasteiger partial charge >= 0.3 is 16.3 Å². The number of hydrogen-bond donors (Lipinski definition) is 2. The monoisotopic (exact) mass is 295 g/mol. The normalized spacial score (nSPS) is 12.5. The molecule has 0 atom stereocenters. The van der Waals surface area contributed by atoms with E-state index >= 15 is 0 Å². The van der Waals surface area contributed by atoms with Gasteiger partial charge in [0.1, 0.15) is 0 Å². The van der Waals surface area contributed by atoms with Crippen molar-refractivity contribution in [2.24, 2.45) is 11.1 Å². The van der Waals surface area contributed by atoms with Crippen molar-refractivity contribution in [3.63, 3.8) is 0 Å². The Morgan fingerprint density at radius 1 is 1.37 bits per heavy atom. The summed E-state index contributed by atoms with van der Waals surface area (Å²) < 4.78 is 31.8. The lowest BCUT2D eigenvalue weighted by molar-refractivity contribution is 0.157. The molecule has 0 aliphatic rings. The number of hydrogen-bond acceptors (Lipinski definition) is 5. The molecule has 0 aliphatic heterocycles. The van der Waals surface area contributed by atoms with Crippen LogP contribution in [-0.4, -0.2) is 45.1 Å². The molecule has 7 nitrogen and oxygen atoms in total. The molecule has 0 unspecified atom stereocenters. The Morgan fingerprint density at radius 3 is 2.37 bits per heavy atom. The number of carbonyl (C=O) groups is 1. The lowest BCUT2D eigenvalue weighted by Gasteiger charge is -2.30. The molecule has 0 fully saturated rings. The third-order valence-electron chi connectivity index (χ3n) is 2.46. The molecule has 19 heavy (non-hydrogen) atoms. The summed E-state index contributed by atoms with van der Waals surface area (Å²) in [7, 11) is -3.90. The Morgan fingerprint density at radius 2 is 1.95 bits per heavy atom. The average molecular weight is 295 g/mol. The average Bonchev–Trinajstić information content (AvgIpc) is 2.28. The molecule has 0 bridgehead atoms. The predicted molar refractivity (Wildman–Crippen MR) is 73.8 cm³/mol. The van der Waals surface area contributed by atoms with Gasteiger partial charge in [-0.3, -0.25) is 0 Å². The summed E-state index contributed by atoms with van der Waals surface area (Å²) in [5.41, 5.74) is 5.25. The molecule has 0 aromatic rings. The predicted octanol–water partition coefficient (Wildman–Crippen LogP) is 0.674. The van der Waals surface area contributed by atoms with Crippen LogP contribution in [0, 0.1) is 5.41 Å². The van der Waals surface area contributed by atoms with Crippen LogP contribution >= 0.6 is 0 Å². The maximum absolute atomic E-state index is 12.1. The zero-order valence-electron chi connectivity index (χ0n) is 12.1. The Labute approximate surface area is 115 Å². The van der Waals surface area contributed by atoms with E-state index in [1.54, 1.807) is 6.92 Å². The van der Waals surface area contributed by atoms with Crippen LogP contribution in [0.2, 0.25) is 0 Å². The van der Waals surface area contributed by atoms with Gasteiger partial charge in [-0.15, -0.1) is 0 Å². The Kier molecular flexibility index (Phi) is 7.32. The number of amides is 1. The van der Waals surface area contributed by atoms with E-state index in [1.165, 1.54) is 4.31 Å². The second-order valence-electron chi connectivity index (χ2n) is 5.03. The molecule has 0 heterocycles. The van der Waals surface area contributed by atoms with Crippen molar-refractivity contribution in [1.82, 2.24) is 9.03 Å². The number of rotatable bonds is 8. The summed E-state index contributed by atoms with van der Waals surface area (Å²) in [5, 5.41) is 0. The zero-order valence-corrected chi connectivity index (χ0v) is 12.9. The minimum absolute atomic E-state index is 0.115. The first kappa shape index (κ1) is 18.1. The molecular weight excluding hydrogens is 270 g/mol. The SMILES string of the molecule is CCCN(CC(C)(C)CN)S(=O)(=O)NC(=O)OCC. The summed E-state index contributed by atoms with van der Waals surface area (Å²) >= 11 is 0. The maximum atomic E-state index is 12.1. The van der Waals surface area contributed by atoms with Gasteiger partial charge in [0.25, 0.3) is 0 Å². The van der Waals surface area contributed by atoms with Crippen LogP contribution in [-0.2, 0) is 14.9 Å². The van der Waals surface area contributed by atoms with Gasteiger partial charge in [0.15, 0.2) is 0 Å². The van der Waals surface area contributed by atoms with E-state index in [1.807, 2.05) is 25.5 Å². The first-order valence-corrected chi connectivity index (χ1v) is 7.77. The Bertz CT molecular complexity index is 381. The van der Waals surface area contributed by atoms with Crippen molar-refractivity contribution in [3.8, 4) is 0 Å². The van der Waals surface area contributed by atoms with E-state index in [4.69, 9.17) is 5.73 Å². The summed E-state index contributed by atoms with van der Waals surface area (Å²) in [6, 6.07) is 0. The van der Waals surface area contributed by atoms with Crippen molar-refractivity contribution in [2.45, 2.75) is 34.1 Å². The molecule has 0 radical (unpaired) electrons. The molecule has 0 aliphatic carbocycles. The Balaban J connectivity index is 4.90. The van der Waals surface area contributed by atoms with Crippen LogP contribution in [0.4, 0.5) is 4.79 Å². The van der Waals surface area contributed by atoms with Crippen molar-refractivity contribution in [3.05, 3.63) is 0 Å². The summed E-state index contributed by atoms with van der Waals surface area (Å²) in [5.74, 6) is 0. The van der Waals surface area contributed by atoms with Crippen molar-refractivity contribution < 1.29 is 17.9 Å². The second-order valence-corrected chi connectivity index (χ2v) is 6.70. The number of nitrogens with one attached hydrogen (secondary N) is 1. The van der Waals surface area contributed by atoms with Crippen LogP contribution in [0.5, 0.6) is 0 Å². The van der Waals surface area contributed by atoms with Crippen molar-refractivity contribution in [1.29, 1.82) is 0 Å². The van der Waals surface area contributed by atoms with Crippen LogP contribution in [0.1, 0.15) is 34.1 Å². The van der Waals surface area contributed by atoms with Gasteiger partial charge < -0.3 is 10.5 Å². The van der Waals surface area contributed by atoms with Gasteiger partial charge in [-0.05, 0) is 25.3 Å². The summed E-state index contributed by atoms with van der Waals surface area (Å²) in [6.45, 7) is 8.23. The lowest BCUT2D eigenvalue weighted by atomic mass is 9.94. The molecule has 0 saturated heterocycles. The highest BCUT2D eigenvalue weighted by Gasteiger charge is 2.29. The number of ether oxygens (including phenoxy) is 1. The molecule has 0 spiro atoms. The van der Waals surface area contributed by atoms with Gasteiger partial charge in [-0.1, -0.05) is 20.8 Å². The maximum Gasteiger partial charge on any atom is 0.421 e. The van der Waals surface area contributed by atoms with Crippen LogP contribution in [0.3, 0.4) is 0 Å². The van der Waals surface area contributed by atoms with Gasteiger partial charge in [0.05, 0.1) is 6.61 Å². The van der Waals surface area contributed by atoms with E-state index in [9.17, 15) is 13.2 Å². The fourth-order valence-corrected chi connectivity index (χ4v) is 2.75. The standard InChI is InChI=1S/C11H25N3O4S/c1-5-7-14(9-11(3,4)8-12)19(16,17)13-10(15)18-6-2/h5-9,12H2,1-4H3,(H,13,15). The van der Waals surface area contributed by atoms with Crippen LogP contribution in [0.25, 0.3) is 0 Å². The second kappa shape index (κ2) is 7.66. The minimum Gasteiger partial charge on any atom is -0.449 e. The van der Waals surface area contributed by atoms with Gasteiger partial charge in [-0.25, -0.2) is 9.52 Å². The highest BCUT2D eigenvalue weighted by molar-refractivity contribution is 7.87. The first-order chi connectivity index (χ1) is 8.68. The third kappa shape index (κ3) is 6.74. The molecule has 3 N–H and O–H groups in total. The minimum atomic E-state index is -3.90. The number of nitrogens with zero attached hydrogens (tertiary/aromatic N) is 1. The summed E-state index contributed by atoms with van der Waals surface area (Å²) in [6.07, 6.45) is -0.321. The molecule has 0 rings (SSSR count). The molecule has 0 saturated carbocycles. The van der Waals surface area contributed by atoms with Crippen LogP contribution in [0.15, 0.2) is 0 Å². The highest BCUT2D eigenvalue weighted by atomic mass is 32.2. The summed E-state index contributed by atoms with van der Waals surface area (Å²) in [4.78, 5) is 11.2. The lowest BCUT2D eigenvalue weighted by Crippen LogP contribution is -2.48. The molecule has 114 valence electrons. The first-order valence-electron chi connectivity index (χ1n) is 6.33. The molecule has 1 amide bonds. The molecule has 0 aromatic carbocycles. The zero-order chi connectivity index (χ0) is 15.1. The molecule has 0 aromatic heterocycles. The van der Waals surface area contributed by atoms with E-state index in [2.05, 4.69) is 4.74 Å². The molecule has 8 heteroatoms. The number of nitrogens with two attached hydrogens (primary N) is 1. The van der Waals surface area contributed by atoms with Crippen LogP contribution < -0.4 is 10.5 Å². The highest BCUT2D eigenvalue weighted by Crippen LogP contribution is 2.17. The van der Waals surface area contributed by atoms with E-state index in [-0.39, 0.29) is 18.6 Å². The number of carbonyl (C=O) groups excluding carboxylic acids is 1. The third-order valence-corrected chi connectivity index (χ3v) is 3.87. The van der Waals surface area contributed by atoms with E-state index in [0.29, 0.717) is 19.5 Å². The van der Waals surface area contributed by atoms with Crippen molar-refractivity contribution in [2.75, 3.05) is 26.2 Å². The quantitative estimate of drug-likeness (QED) is 0.685. The Hall–Kier alpha value is -0.860. The van der Waals surface area contributed by atoms with Gasteiger partial charge in [-0.2, -0.15) is 12.7 Å².